The molecule has 1 heterocycles. The zero-order valence-corrected chi connectivity index (χ0v) is 15.3. The van der Waals surface area contributed by atoms with Gasteiger partial charge in [-0.3, -0.25) is 9.99 Å². The summed E-state index contributed by atoms with van der Waals surface area (Å²) in [5, 5.41) is 0. The summed E-state index contributed by atoms with van der Waals surface area (Å²) >= 11 is 0. The SMILES string of the molecule is C1=CC2=CC=C1C2.CCn1c(-c2c(C)cccc2C)nc(NN)nc1=O. The third-order valence-electron chi connectivity index (χ3n) is 4.48. The van der Waals surface area contributed by atoms with Crippen molar-refractivity contribution in [1.29, 1.82) is 0 Å². The van der Waals surface area contributed by atoms with E-state index in [2.05, 4.69) is 39.7 Å². The highest BCUT2D eigenvalue weighted by atomic mass is 16.1. The lowest BCUT2D eigenvalue weighted by molar-refractivity contribution is 0.686. The Morgan fingerprint density at radius 1 is 1.12 bits per heavy atom. The average Bonchev–Trinajstić information content (AvgIpc) is 3.27. The first-order valence-electron chi connectivity index (χ1n) is 8.63. The van der Waals surface area contributed by atoms with E-state index in [4.69, 9.17) is 5.84 Å². The van der Waals surface area contributed by atoms with Gasteiger partial charge in [0.05, 0.1) is 0 Å². The van der Waals surface area contributed by atoms with Crippen LogP contribution in [0.15, 0.2) is 58.4 Å². The normalized spacial score (nSPS) is 13.8. The maximum atomic E-state index is 12.0. The highest BCUT2D eigenvalue weighted by Crippen LogP contribution is 2.27. The molecule has 2 aromatic rings. The second kappa shape index (κ2) is 7.49. The van der Waals surface area contributed by atoms with Crippen LogP contribution in [0.4, 0.5) is 5.95 Å². The Morgan fingerprint density at radius 3 is 2.15 bits per heavy atom. The molecule has 1 aromatic heterocycles. The van der Waals surface area contributed by atoms with Crippen molar-refractivity contribution in [3.05, 3.63) is 75.3 Å². The van der Waals surface area contributed by atoms with Crippen molar-refractivity contribution in [2.75, 3.05) is 5.43 Å². The number of benzene rings is 1. The summed E-state index contributed by atoms with van der Waals surface area (Å²) in [6, 6.07) is 5.96. The van der Waals surface area contributed by atoms with E-state index in [1.54, 1.807) is 0 Å². The average molecular weight is 349 g/mol. The molecule has 0 unspecified atom stereocenters. The van der Waals surface area contributed by atoms with Gasteiger partial charge in [-0.05, 0) is 49.5 Å². The molecule has 3 N–H and O–H groups in total. The van der Waals surface area contributed by atoms with Gasteiger partial charge < -0.3 is 0 Å². The first-order valence-corrected chi connectivity index (χ1v) is 8.63. The molecule has 4 rings (SSSR count). The number of aryl methyl sites for hydroxylation is 2. The summed E-state index contributed by atoms with van der Waals surface area (Å²) in [5.41, 5.74) is 7.97. The van der Waals surface area contributed by atoms with Crippen molar-refractivity contribution in [3.63, 3.8) is 0 Å². The molecule has 0 saturated carbocycles. The van der Waals surface area contributed by atoms with Crippen LogP contribution >= 0.6 is 0 Å². The molecule has 6 heteroatoms. The number of hydrazine groups is 1. The molecule has 0 amide bonds. The van der Waals surface area contributed by atoms with Crippen molar-refractivity contribution in [1.82, 2.24) is 14.5 Å². The van der Waals surface area contributed by atoms with Gasteiger partial charge in [-0.1, -0.05) is 42.5 Å². The second-order valence-electron chi connectivity index (χ2n) is 6.30. The molecule has 2 bridgehead atoms. The van der Waals surface area contributed by atoms with Gasteiger partial charge in [0.2, 0.25) is 5.95 Å². The monoisotopic (exact) mass is 349 g/mol. The number of anilines is 1. The third-order valence-corrected chi connectivity index (χ3v) is 4.48. The van der Waals surface area contributed by atoms with E-state index in [-0.39, 0.29) is 11.6 Å². The predicted octanol–water partition coefficient (Wildman–Crippen LogP) is 3.04. The zero-order chi connectivity index (χ0) is 18.7. The topological polar surface area (TPSA) is 85.8 Å². The molecule has 26 heavy (non-hydrogen) atoms. The largest absolute Gasteiger partial charge is 0.352 e. The standard InChI is InChI=1S/C13H17N5O.C7H6/c1-4-18-11(15-12(17-14)16-13(18)19)10-8(2)6-5-7-9(10)3;1-2-7-4-3-6(1)5-7/h5-7H,4,14H2,1-3H3,(H,16,17,19);1-4H,5H2. The van der Waals surface area contributed by atoms with Crippen LogP contribution in [-0.4, -0.2) is 14.5 Å². The van der Waals surface area contributed by atoms with Crippen LogP contribution in [-0.2, 0) is 6.54 Å². The minimum absolute atomic E-state index is 0.132. The Hall–Kier alpha value is -2.99. The smallest absolute Gasteiger partial charge is 0.292 e. The predicted molar refractivity (Wildman–Crippen MR) is 105 cm³/mol. The van der Waals surface area contributed by atoms with Crippen LogP contribution in [0.5, 0.6) is 0 Å². The van der Waals surface area contributed by atoms with E-state index in [0.717, 1.165) is 16.7 Å². The molecule has 0 fully saturated rings. The van der Waals surface area contributed by atoms with E-state index in [9.17, 15) is 4.79 Å². The Bertz CT molecular complexity index is 942. The van der Waals surface area contributed by atoms with E-state index in [1.807, 2.05) is 39.0 Å². The molecule has 2 aliphatic rings. The fraction of sp³-hybridized carbons (Fsp3) is 0.250. The molecule has 1 aromatic carbocycles. The molecule has 134 valence electrons. The number of allylic oxidation sites excluding steroid dienone is 6. The quantitative estimate of drug-likeness (QED) is 0.657. The van der Waals surface area contributed by atoms with Crippen molar-refractivity contribution >= 4 is 5.95 Å². The number of hydrogen-bond acceptors (Lipinski definition) is 5. The Balaban J connectivity index is 0.000000229. The number of hydrogen-bond donors (Lipinski definition) is 2. The summed E-state index contributed by atoms with van der Waals surface area (Å²) in [6.07, 6.45) is 9.90. The fourth-order valence-corrected chi connectivity index (χ4v) is 3.15. The summed E-state index contributed by atoms with van der Waals surface area (Å²) in [5.74, 6) is 6.03. The van der Waals surface area contributed by atoms with E-state index < -0.39 is 0 Å². The number of rotatable bonds is 3. The van der Waals surface area contributed by atoms with Crippen molar-refractivity contribution in [2.24, 2.45) is 5.84 Å². The van der Waals surface area contributed by atoms with E-state index in [1.165, 1.54) is 22.1 Å². The van der Waals surface area contributed by atoms with Crippen molar-refractivity contribution in [3.8, 4) is 11.4 Å². The maximum absolute atomic E-state index is 12.0. The molecule has 0 aliphatic heterocycles. The van der Waals surface area contributed by atoms with Gasteiger partial charge in [0.25, 0.3) is 0 Å². The van der Waals surface area contributed by atoms with Gasteiger partial charge in [0.15, 0.2) is 0 Å². The van der Waals surface area contributed by atoms with Gasteiger partial charge in [0.1, 0.15) is 5.82 Å². The van der Waals surface area contributed by atoms with E-state index >= 15 is 0 Å². The van der Waals surface area contributed by atoms with Crippen molar-refractivity contribution in [2.45, 2.75) is 33.7 Å². The van der Waals surface area contributed by atoms with Crippen LogP contribution in [0.25, 0.3) is 11.4 Å². The summed E-state index contributed by atoms with van der Waals surface area (Å²) in [6.45, 7) is 6.37. The summed E-state index contributed by atoms with van der Waals surface area (Å²) in [4.78, 5) is 20.1. The molecule has 0 spiro atoms. The number of nitrogen functional groups attached to an aromatic ring is 1. The minimum atomic E-state index is -0.358. The number of nitrogens with zero attached hydrogens (tertiary/aromatic N) is 3. The van der Waals surface area contributed by atoms with Gasteiger partial charge in [0, 0.05) is 12.1 Å². The first-order chi connectivity index (χ1) is 12.5. The van der Waals surface area contributed by atoms with Gasteiger partial charge >= 0.3 is 5.69 Å². The maximum Gasteiger partial charge on any atom is 0.352 e. The number of nitrogens with two attached hydrogens (primary N) is 1. The molecule has 0 atom stereocenters. The molecular weight excluding hydrogens is 326 g/mol. The Labute approximate surface area is 152 Å². The molecule has 0 radical (unpaired) electrons. The number of fused-ring (bicyclic) bond motifs is 2. The number of nitrogens with one attached hydrogen (secondary N) is 1. The lowest BCUT2D eigenvalue weighted by Crippen LogP contribution is -2.28. The highest BCUT2D eigenvalue weighted by Gasteiger charge is 2.14. The molecular formula is C20H23N5O. The first kappa shape index (κ1) is 17.8. The summed E-state index contributed by atoms with van der Waals surface area (Å²) < 4.78 is 1.54. The van der Waals surface area contributed by atoms with Gasteiger partial charge in [-0.25, -0.2) is 10.6 Å². The number of aromatic nitrogens is 3. The van der Waals surface area contributed by atoms with Gasteiger partial charge in [-0.2, -0.15) is 9.97 Å². The molecule has 6 nitrogen and oxygen atoms in total. The minimum Gasteiger partial charge on any atom is -0.292 e. The van der Waals surface area contributed by atoms with Crippen molar-refractivity contribution < 1.29 is 0 Å². The Morgan fingerprint density at radius 2 is 1.73 bits per heavy atom. The van der Waals surface area contributed by atoms with Crippen LogP contribution in [0, 0.1) is 13.8 Å². The van der Waals surface area contributed by atoms with Gasteiger partial charge in [-0.15, -0.1) is 0 Å². The zero-order valence-electron chi connectivity index (χ0n) is 15.3. The summed E-state index contributed by atoms with van der Waals surface area (Å²) in [7, 11) is 0. The highest BCUT2D eigenvalue weighted by molar-refractivity contribution is 5.65. The third kappa shape index (κ3) is 3.50. The lowest BCUT2D eigenvalue weighted by atomic mass is 10.0. The fourth-order valence-electron chi connectivity index (χ4n) is 3.15. The molecule has 0 saturated heterocycles. The Kier molecular flexibility index (Phi) is 5.14. The lowest BCUT2D eigenvalue weighted by Gasteiger charge is -2.14. The van der Waals surface area contributed by atoms with Crippen LogP contribution in [0.1, 0.15) is 24.5 Å². The van der Waals surface area contributed by atoms with E-state index in [0.29, 0.717) is 12.4 Å². The van der Waals surface area contributed by atoms with Crippen LogP contribution in [0.2, 0.25) is 0 Å². The molecule has 2 aliphatic carbocycles. The second-order valence-corrected chi connectivity index (χ2v) is 6.30. The van der Waals surface area contributed by atoms with Crippen LogP contribution in [0.3, 0.4) is 0 Å². The van der Waals surface area contributed by atoms with Crippen LogP contribution < -0.4 is 17.0 Å².